The molecule has 1 N–H and O–H groups in total. The quantitative estimate of drug-likeness (QED) is 0.849. The molecule has 2 aromatic rings. The Morgan fingerprint density at radius 3 is 2.71 bits per heavy atom. The van der Waals surface area contributed by atoms with Crippen LogP contribution >= 0.6 is 0 Å². The molecule has 84 valence electrons. The number of nitrogens with one attached hydrogen (secondary N) is 1. The molecule has 0 aliphatic heterocycles. The Hall–Kier alpha value is -2.34. The van der Waals surface area contributed by atoms with Crippen molar-refractivity contribution in [3.63, 3.8) is 0 Å². The second-order valence-corrected chi connectivity index (χ2v) is 3.90. The minimum atomic E-state index is 0.707. The Bertz CT molecular complexity index is 582. The molecule has 0 saturated heterocycles. The fraction of sp³-hybridized carbons (Fsp3) is 0.143. The maximum Gasteiger partial charge on any atom is 0.0994 e. The highest BCUT2D eigenvalue weighted by Gasteiger charge is 2.01. The summed E-state index contributed by atoms with van der Waals surface area (Å²) in [6.45, 7) is 3.89. The van der Waals surface area contributed by atoms with Crippen molar-refractivity contribution >= 4 is 11.4 Å². The normalized spacial score (nSPS) is 9.71. The molecule has 0 fully saturated rings. The van der Waals surface area contributed by atoms with Crippen molar-refractivity contribution in [1.29, 1.82) is 5.26 Å². The molecular weight excluding hydrogens is 210 g/mol. The number of hydrogen-bond donors (Lipinski definition) is 1. The van der Waals surface area contributed by atoms with Gasteiger partial charge in [-0.1, -0.05) is 0 Å². The first-order valence-corrected chi connectivity index (χ1v) is 5.40. The number of benzene rings is 1. The van der Waals surface area contributed by atoms with E-state index < -0.39 is 0 Å². The molecule has 17 heavy (non-hydrogen) atoms. The van der Waals surface area contributed by atoms with Crippen LogP contribution in [-0.2, 0) is 0 Å². The molecule has 0 bridgehead atoms. The molecular formula is C14H13N3. The predicted molar refractivity (Wildman–Crippen MR) is 68.2 cm³/mol. The van der Waals surface area contributed by atoms with Crippen LogP contribution in [0.3, 0.4) is 0 Å². The van der Waals surface area contributed by atoms with E-state index in [1.807, 2.05) is 44.2 Å². The van der Waals surface area contributed by atoms with E-state index in [-0.39, 0.29) is 0 Å². The Morgan fingerprint density at radius 1 is 1.24 bits per heavy atom. The zero-order chi connectivity index (χ0) is 12.3. The van der Waals surface area contributed by atoms with Gasteiger partial charge in [-0.3, -0.25) is 4.98 Å². The van der Waals surface area contributed by atoms with Crippen molar-refractivity contribution in [2.75, 3.05) is 5.32 Å². The number of nitrogens with zero attached hydrogens (tertiary/aromatic N) is 2. The average Bonchev–Trinajstić information content (AvgIpc) is 2.32. The first kappa shape index (κ1) is 11.2. The summed E-state index contributed by atoms with van der Waals surface area (Å²) in [7, 11) is 0. The van der Waals surface area contributed by atoms with Crippen molar-refractivity contribution < 1.29 is 0 Å². The number of aryl methyl sites for hydroxylation is 2. The van der Waals surface area contributed by atoms with Gasteiger partial charge in [0.1, 0.15) is 0 Å². The van der Waals surface area contributed by atoms with E-state index >= 15 is 0 Å². The van der Waals surface area contributed by atoms with E-state index in [0.717, 1.165) is 22.6 Å². The molecule has 0 spiro atoms. The number of aromatic nitrogens is 1. The van der Waals surface area contributed by atoms with Crippen molar-refractivity contribution in [3.05, 3.63) is 53.3 Å². The molecule has 3 heteroatoms. The Kier molecular flexibility index (Phi) is 3.06. The van der Waals surface area contributed by atoms with Crippen LogP contribution in [0.1, 0.15) is 16.8 Å². The molecule has 0 amide bonds. The smallest absolute Gasteiger partial charge is 0.0994 e. The maximum atomic E-state index is 8.86. The predicted octanol–water partition coefficient (Wildman–Crippen LogP) is 3.31. The van der Waals surface area contributed by atoms with Crippen LogP contribution in [0.5, 0.6) is 0 Å². The zero-order valence-corrected chi connectivity index (χ0v) is 9.86. The minimum Gasteiger partial charge on any atom is -0.354 e. The molecule has 0 unspecified atom stereocenters. The molecule has 1 aromatic carbocycles. The van der Waals surface area contributed by atoms with Crippen LogP contribution in [0.4, 0.5) is 11.4 Å². The van der Waals surface area contributed by atoms with Crippen LogP contribution in [-0.4, -0.2) is 4.98 Å². The molecule has 0 radical (unpaired) electrons. The lowest BCUT2D eigenvalue weighted by molar-refractivity contribution is 1.20. The number of hydrogen-bond acceptors (Lipinski definition) is 3. The first-order chi connectivity index (χ1) is 8.20. The topological polar surface area (TPSA) is 48.7 Å². The molecule has 1 aromatic heterocycles. The molecule has 3 nitrogen and oxygen atoms in total. The van der Waals surface area contributed by atoms with Gasteiger partial charge in [-0.05, 0) is 49.7 Å². The largest absolute Gasteiger partial charge is 0.354 e. The highest BCUT2D eigenvalue weighted by molar-refractivity contribution is 5.63. The molecule has 0 saturated carbocycles. The highest BCUT2D eigenvalue weighted by Crippen LogP contribution is 2.20. The maximum absolute atomic E-state index is 8.86. The van der Waals surface area contributed by atoms with Crippen LogP contribution in [0.25, 0.3) is 0 Å². The molecule has 0 atom stereocenters. The lowest BCUT2D eigenvalue weighted by Crippen LogP contribution is -1.95. The SMILES string of the molecule is Cc1cc(Nc2cccnc2C)ccc1C#N. The van der Waals surface area contributed by atoms with Crippen LogP contribution in [0.2, 0.25) is 0 Å². The van der Waals surface area contributed by atoms with Crippen molar-refractivity contribution in [2.45, 2.75) is 13.8 Å². The van der Waals surface area contributed by atoms with E-state index in [4.69, 9.17) is 5.26 Å². The Labute approximate surface area is 101 Å². The van der Waals surface area contributed by atoms with Crippen LogP contribution in [0, 0.1) is 25.2 Å². The second kappa shape index (κ2) is 4.67. The zero-order valence-electron chi connectivity index (χ0n) is 9.86. The number of pyridine rings is 1. The molecule has 0 aliphatic carbocycles. The van der Waals surface area contributed by atoms with Gasteiger partial charge in [0.15, 0.2) is 0 Å². The van der Waals surface area contributed by atoms with E-state index in [1.165, 1.54) is 0 Å². The lowest BCUT2D eigenvalue weighted by atomic mass is 10.1. The molecule has 2 rings (SSSR count). The van der Waals surface area contributed by atoms with Gasteiger partial charge in [-0.25, -0.2) is 0 Å². The van der Waals surface area contributed by atoms with Gasteiger partial charge < -0.3 is 5.32 Å². The summed E-state index contributed by atoms with van der Waals surface area (Å²) in [5, 5.41) is 12.2. The van der Waals surface area contributed by atoms with Crippen LogP contribution < -0.4 is 5.32 Å². The summed E-state index contributed by atoms with van der Waals surface area (Å²) in [6.07, 6.45) is 1.77. The highest BCUT2D eigenvalue weighted by atomic mass is 14.9. The Balaban J connectivity index is 2.29. The summed E-state index contributed by atoms with van der Waals surface area (Å²) in [4.78, 5) is 4.22. The Morgan fingerprint density at radius 2 is 2.06 bits per heavy atom. The van der Waals surface area contributed by atoms with Gasteiger partial charge in [-0.15, -0.1) is 0 Å². The third-order valence-electron chi connectivity index (χ3n) is 2.63. The van der Waals surface area contributed by atoms with Gasteiger partial charge in [-0.2, -0.15) is 5.26 Å². The van der Waals surface area contributed by atoms with E-state index in [0.29, 0.717) is 5.56 Å². The summed E-state index contributed by atoms with van der Waals surface area (Å²) < 4.78 is 0. The lowest BCUT2D eigenvalue weighted by Gasteiger charge is -2.09. The standard InChI is InChI=1S/C14H13N3/c1-10-8-13(6-5-12(10)9-15)17-14-4-3-7-16-11(14)2/h3-8,17H,1-2H3. The summed E-state index contributed by atoms with van der Waals surface area (Å²) in [5.41, 5.74) is 4.58. The van der Waals surface area contributed by atoms with Crippen molar-refractivity contribution in [1.82, 2.24) is 4.98 Å². The van der Waals surface area contributed by atoms with E-state index in [1.54, 1.807) is 6.20 Å². The van der Waals surface area contributed by atoms with Gasteiger partial charge >= 0.3 is 0 Å². The van der Waals surface area contributed by atoms with Crippen molar-refractivity contribution in [3.8, 4) is 6.07 Å². The number of rotatable bonds is 2. The second-order valence-electron chi connectivity index (χ2n) is 3.90. The fourth-order valence-electron chi connectivity index (χ4n) is 1.64. The van der Waals surface area contributed by atoms with Gasteiger partial charge in [0.2, 0.25) is 0 Å². The summed E-state index contributed by atoms with van der Waals surface area (Å²) in [5.74, 6) is 0. The first-order valence-electron chi connectivity index (χ1n) is 5.40. The number of nitriles is 1. The monoisotopic (exact) mass is 223 g/mol. The minimum absolute atomic E-state index is 0.707. The molecule has 1 heterocycles. The van der Waals surface area contributed by atoms with Gasteiger partial charge in [0.25, 0.3) is 0 Å². The van der Waals surface area contributed by atoms with Crippen molar-refractivity contribution in [2.24, 2.45) is 0 Å². The summed E-state index contributed by atoms with van der Waals surface area (Å²) >= 11 is 0. The van der Waals surface area contributed by atoms with Crippen LogP contribution in [0.15, 0.2) is 36.5 Å². The summed E-state index contributed by atoms with van der Waals surface area (Å²) in [6, 6.07) is 11.7. The van der Waals surface area contributed by atoms with Gasteiger partial charge in [0, 0.05) is 11.9 Å². The third-order valence-corrected chi connectivity index (χ3v) is 2.63. The van der Waals surface area contributed by atoms with E-state index in [2.05, 4.69) is 16.4 Å². The number of anilines is 2. The molecule has 0 aliphatic rings. The fourth-order valence-corrected chi connectivity index (χ4v) is 1.64. The van der Waals surface area contributed by atoms with E-state index in [9.17, 15) is 0 Å². The third kappa shape index (κ3) is 2.43. The average molecular weight is 223 g/mol. The van der Waals surface area contributed by atoms with Gasteiger partial charge in [0.05, 0.1) is 23.0 Å².